The van der Waals surface area contributed by atoms with Gasteiger partial charge in [0.05, 0.1) is 5.76 Å². The summed E-state index contributed by atoms with van der Waals surface area (Å²) in [4.78, 5) is 11.0. The molecule has 0 saturated heterocycles. The third kappa shape index (κ3) is 2.11. The Balaban J connectivity index is 3.32. The van der Waals surface area contributed by atoms with E-state index in [-0.39, 0.29) is 11.4 Å². The van der Waals surface area contributed by atoms with Crippen LogP contribution in [0.15, 0.2) is 21.0 Å². The van der Waals surface area contributed by atoms with Crippen molar-refractivity contribution in [1.29, 1.82) is 0 Å². The molecule has 0 aliphatic carbocycles. The molecule has 13 heavy (non-hydrogen) atoms. The van der Waals surface area contributed by atoms with Crippen molar-refractivity contribution in [3.63, 3.8) is 0 Å². The Morgan fingerprint density at radius 3 is 2.85 bits per heavy atom. The van der Waals surface area contributed by atoms with Crippen LogP contribution >= 0.6 is 0 Å². The number of allylic oxidation sites excluding steroid dienone is 1. The average Bonchev–Trinajstić information content (AvgIpc) is 1.99. The van der Waals surface area contributed by atoms with Gasteiger partial charge in [-0.15, -0.1) is 0 Å². The molecule has 1 aromatic rings. The van der Waals surface area contributed by atoms with E-state index >= 15 is 0 Å². The Morgan fingerprint density at radius 1 is 1.69 bits per heavy atom. The van der Waals surface area contributed by atoms with E-state index in [1.54, 1.807) is 6.92 Å². The van der Waals surface area contributed by atoms with E-state index in [1.165, 1.54) is 19.1 Å². The molecule has 0 aromatic carbocycles. The molecule has 1 aromatic heterocycles. The zero-order chi connectivity index (χ0) is 10.0. The minimum atomic E-state index is -0.585. The summed E-state index contributed by atoms with van der Waals surface area (Å²) in [5.74, 6) is 0.412. The van der Waals surface area contributed by atoms with Crippen LogP contribution in [0, 0.1) is 6.92 Å². The molecule has 0 atom stereocenters. The lowest BCUT2D eigenvalue weighted by Crippen LogP contribution is -2.07. The maximum atomic E-state index is 11.0. The Labute approximate surface area is 75.3 Å². The van der Waals surface area contributed by atoms with Crippen molar-refractivity contribution in [2.24, 2.45) is 0 Å². The lowest BCUT2D eigenvalue weighted by atomic mass is 10.2. The molecular formula is C9H11NO3. The van der Waals surface area contributed by atoms with Crippen LogP contribution in [0.25, 0.3) is 6.08 Å². The molecule has 0 amide bonds. The summed E-state index contributed by atoms with van der Waals surface area (Å²) < 4.78 is 4.83. The van der Waals surface area contributed by atoms with Gasteiger partial charge >= 0.3 is 5.63 Å². The second-order valence-electron chi connectivity index (χ2n) is 2.82. The van der Waals surface area contributed by atoms with Gasteiger partial charge in [-0.1, -0.05) is 0 Å². The monoisotopic (exact) mass is 181 g/mol. The topological polar surface area (TPSA) is 76.5 Å². The predicted molar refractivity (Wildman–Crippen MR) is 50.4 cm³/mol. The van der Waals surface area contributed by atoms with Crippen LogP contribution in [0.1, 0.15) is 18.2 Å². The molecule has 0 unspecified atom stereocenters. The van der Waals surface area contributed by atoms with Gasteiger partial charge in [-0.05, 0) is 25.5 Å². The van der Waals surface area contributed by atoms with E-state index in [0.717, 1.165) is 0 Å². The van der Waals surface area contributed by atoms with Gasteiger partial charge in [0, 0.05) is 6.08 Å². The highest BCUT2D eigenvalue weighted by Crippen LogP contribution is 2.11. The fourth-order valence-electron chi connectivity index (χ4n) is 0.936. The maximum absolute atomic E-state index is 11.0. The molecule has 4 nitrogen and oxygen atoms in total. The standard InChI is InChI=1S/C9H11NO3/c1-5-3-7(10)9(12)13-8(5)4-6(2)11/h3-4,11H,10H2,1-2H3/b6-4+. The normalized spacial score (nSPS) is 11.7. The minimum absolute atomic E-state index is 0.0743. The number of rotatable bonds is 1. The molecule has 4 heteroatoms. The summed E-state index contributed by atoms with van der Waals surface area (Å²) in [7, 11) is 0. The zero-order valence-corrected chi connectivity index (χ0v) is 7.50. The first-order valence-electron chi connectivity index (χ1n) is 3.78. The number of aryl methyl sites for hydroxylation is 1. The SMILES string of the molecule is C/C(O)=C\c1oc(=O)c(N)cc1C. The molecule has 0 bridgehead atoms. The van der Waals surface area contributed by atoms with Gasteiger partial charge in [-0.3, -0.25) is 0 Å². The number of hydrogen-bond donors (Lipinski definition) is 2. The third-order valence-electron chi connectivity index (χ3n) is 1.54. The number of aliphatic hydroxyl groups excluding tert-OH is 1. The predicted octanol–water partition coefficient (Wildman–Crippen LogP) is 1.45. The van der Waals surface area contributed by atoms with E-state index in [0.29, 0.717) is 11.3 Å². The van der Waals surface area contributed by atoms with Crippen LogP contribution in [0.5, 0.6) is 0 Å². The summed E-state index contributed by atoms with van der Waals surface area (Å²) in [5, 5.41) is 8.96. The van der Waals surface area contributed by atoms with Crippen molar-refractivity contribution >= 4 is 11.8 Å². The lowest BCUT2D eigenvalue weighted by molar-refractivity contribution is 0.416. The largest absolute Gasteiger partial charge is 0.512 e. The fourth-order valence-corrected chi connectivity index (χ4v) is 0.936. The van der Waals surface area contributed by atoms with Gasteiger partial charge < -0.3 is 15.3 Å². The molecule has 0 saturated carbocycles. The molecule has 1 rings (SSSR count). The molecular weight excluding hydrogens is 170 g/mol. The van der Waals surface area contributed by atoms with Crippen LogP contribution in [0.2, 0.25) is 0 Å². The van der Waals surface area contributed by atoms with Crippen molar-refractivity contribution in [2.75, 3.05) is 5.73 Å². The number of aliphatic hydroxyl groups is 1. The van der Waals surface area contributed by atoms with E-state index < -0.39 is 5.63 Å². The highest BCUT2D eigenvalue weighted by atomic mass is 16.4. The number of nitrogen functional groups attached to an aromatic ring is 1. The van der Waals surface area contributed by atoms with Gasteiger partial charge in [0.1, 0.15) is 11.4 Å². The van der Waals surface area contributed by atoms with Gasteiger partial charge in [-0.2, -0.15) is 0 Å². The van der Waals surface area contributed by atoms with Crippen molar-refractivity contribution in [3.05, 3.63) is 33.6 Å². The first-order chi connectivity index (χ1) is 6.00. The van der Waals surface area contributed by atoms with E-state index in [4.69, 9.17) is 15.3 Å². The van der Waals surface area contributed by atoms with Gasteiger partial charge in [0.15, 0.2) is 0 Å². The minimum Gasteiger partial charge on any atom is -0.512 e. The summed E-state index contributed by atoms with van der Waals surface area (Å²) in [6.07, 6.45) is 1.37. The quantitative estimate of drug-likeness (QED) is 0.643. The first-order valence-corrected chi connectivity index (χ1v) is 3.78. The molecule has 0 aliphatic heterocycles. The van der Waals surface area contributed by atoms with E-state index in [9.17, 15) is 4.79 Å². The maximum Gasteiger partial charge on any atom is 0.359 e. The Morgan fingerprint density at radius 2 is 2.31 bits per heavy atom. The molecule has 3 N–H and O–H groups in total. The van der Waals surface area contributed by atoms with Crippen molar-refractivity contribution in [3.8, 4) is 0 Å². The molecule has 1 heterocycles. The smallest absolute Gasteiger partial charge is 0.359 e. The van der Waals surface area contributed by atoms with E-state index in [2.05, 4.69) is 0 Å². The Kier molecular flexibility index (Phi) is 2.41. The number of anilines is 1. The Hall–Kier alpha value is -1.71. The highest BCUT2D eigenvalue weighted by molar-refractivity contribution is 5.51. The summed E-state index contributed by atoms with van der Waals surface area (Å²) in [6, 6.07) is 1.51. The van der Waals surface area contributed by atoms with Crippen molar-refractivity contribution < 1.29 is 9.52 Å². The first kappa shape index (κ1) is 9.38. The number of hydrogen-bond acceptors (Lipinski definition) is 4. The summed E-state index contributed by atoms with van der Waals surface area (Å²) in [5.41, 5.74) is 5.53. The third-order valence-corrected chi connectivity index (χ3v) is 1.54. The second-order valence-corrected chi connectivity index (χ2v) is 2.82. The van der Waals surface area contributed by atoms with Gasteiger partial charge in [0.2, 0.25) is 0 Å². The molecule has 0 radical (unpaired) electrons. The van der Waals surface area contributed by atoms with Crippen LogP contribution in [0.3, 0.4) is 0 Å². The lowest BCUT2D eigenvalue weighted by Gasteiger charge is -1.99. The Bertz CT molecular complexity index is 400. The van der Waals surface area contributed by atoms with E-state index in [1.807, 2.05) is 0 Å². The summed E-state index contributed by atoms with van der Waals surface area (Å²) >= 11 is 0. The second kappa shape index (κ2) is 3.35. The highest BCUT2D eigenvalue weighted by Gasteiger charge is 2.03. The molecule has 0 fully saturated rings. The summed E-state index contributed by atoms with van der Waals surface area (Å²) in [6.45, 7) is 3.24. The van der Waals surface area contributed by atoms with Crippen molar-refractivity contribution in [2.45, 2.75) is 13.8 Å². The van der Waals surface area contributed by atoms with Crippen LogP contribution in [-0.2, 0) is 0 Å². The van der Waals surface area contributed by atoms with Crippen LogP contribution in [-0.4, -0.2) is 5.11 Å². The zero-order valence-electron chi connectivity index (χ0n) is 7.50. The van der Waals surface area contributed by atoms with Crippen LogP contribution in [0.4, 0.5) is 5.69 Å². The van der Waals surface area contributed by atoms with Crippen molar-refractivity contribution in [1.82, 2.24) is 0 Å². The number of nitrogens with two attached hydrogens (primary N) is 1. The molecule has 70 valence electrons. The van der Waals surface area contributed by atoms with Gasteiger partial charge in [0.25, 0.3) is 0 Å². The van der Waals surface area contributed by atoms with Gasteiger partial charge in [-0.25, -0.2) is 4.79 Å². The fraction of sp³-hybridized carbons (Fsp3) is 0.222. The molecule has 0 aliphatic rings. The average molecular weight is 181 g/mol. The van der Waals surface area contributed by atoms with Crippen LogP contribution < -0.4 is 11.4 Å². The molecule has 0 spiro atoms.